The summed E-state index contributed by atoms with van der Waals surface area (Å²) in [6, 6.07) is 5.59. The summed E-state index contributed by atoms with van der Waals surface area (Å²) in [5.74, 6) is 1.53. The second-order valence-corrected chi connectivity index (χ2v) is 8.01. The fourth-order valence-electron chi connectivity index (χ4n) is 1.96. The maximum absolute atomic E-state index is 11.5. The van der Waals surface area contributed by atoms with Gasteiger partial charge in [0.05, 0.1) is 19.4 Å². The molecule has 24 heavy (non-hydrogen) atoms. The average molecular weight is 376 g/mol. The standard InChI is InChI=1S/C16H26ClN3O3S/c1-4-18-16(20-10-11-24(21,22)5-2)19-9-8-13-6-7-14(23-3)12-15(13)17/h6-7,12H,4-5,8-11H2,1-3H3,(H2,18,19,20). The number of hydrogen-bond acceptors (Lipinski definition) is 4. The highest BCUT2D eigenvalue weighted by atomic mass is 35.5. The Morgan fingerprint density at radius 3 is 2.62 bits per heavy atom. The number of nitrogens with one attached hydrogen (secondary N) is 2. The molecular weight excluding hydrogens is 350 g/mol. The summed E-state index contributed by atoms with van der Waals surface area (Å²) in [6.07, 6.45) is 0.723. The third kappa shape index (κ3) is 7.40. The molecule has 0 aliphatic heterocycles. The molecule has 0 amide bonds. The van der Waals surface area contributed by atoms with Gasteiger partial charge in [-0.05, 0) is 31.0 Å². The van der Waals surface area contributed by atoms with Crippen molar-refractivity contribution in [3.05, 3.63) is 28.8 Å². The van der Waals surface area contributed by atoms with Gasteiger partial charge in [-0.25, -0.2) is 8.42 Å². The van der Waals surface area contributed by atoms with Crippen LogP contribution in [0.1, 0.15) is 19.4 Å². The van der Waals surface area contributed by atoms with Crippen LogP contribution in [0.3, 0.4) is 0 Å². The Bertz CT molecular complexity index is 648. The van der Waals surface area contributed by atoms with Gasteiger partial charge in [0.25, 0.3) is 0 Å². The number of aliphatic imine (C=N–C) groups is 1. The number of rotatable bonds is 9. The summed E-state index contributed by atoms with van der Waals surface area (Å²) in [6.45, 7) is 5.18. The number of guanidine groups is 1. The van der Waals surface area contributed by atoms with E-state index >= 15 is 0 Å². The number of halogens is 1. The molecule has 0 aliphatic rings. The fraction of sp³-hybridized carbons (Fsp3) is 0.562. The number of ether oxygens (including phenoxy) is 1. The van der Waals surface area contributed by atoms with Crippen LogP contribution < -0.4 is 15.4 Å². The van der Waals surface area contributed by atoms with E-state index in [1.54, 1.807) is 20.1 Å². The van der Waals surface area contributed by atoms with Crippen LogP contribution in [0.4, 0.5) is 0 Å². The summed E-state index contributed by atoms with van der Waals surface area (Å²) >= 11 is 6.21. The van der Waals surface area contributed by atoms with Gasteiger partial charge in [-0.1, -0.05) is 24.6 Å². The topological polar surface area (TPSA) is 79.8 Å². The van der Waals surface area contributed by atoms with Crippen LogP contribution in [0.5, 0.6) is 5.75 Å². The van der Waals surface area contributed by atoms with E-state index in [2.05, 4.69) is 15.6 Å². The highest BCUT2D eigenvalue weighted by molar-refractivity contribution is 7.91. The number of nitrogens with zero attached hydrogens (tertiary/aromatic N) is 1. The molecule has 8 heteroatoms. The van der Waals surface area contributed by atoms with E-state index in [0.29, 0.717) is 24.1 Å². The molecule has 6 nitrogen and oxygen atoms in total. The smallest absolute Gasteiger partial charge is 0.191 e. The lowest BCUT2D eigenvalue weighted by molar-refractivity contribution is 0.414. The van der Waals surface area contributed by atoms with Crippen molar-refractivity contribution in [1.29, 1.82) is 0 Å². The summed E-state index contributed by atoms with van der Waals surface area (Å²) < 4.78 is 28.1. The molecule has 0 radical (unpaired) electrons. The van der Waals surface area contributed by atoms with Crippen molar-refractivity contribution in [2.45, 2.75) is 20.3 Å². The molecule has 2 N–H and O–H groups in total. The van der Waals surface area contributed by atoms with E-state index in [-0.39, 0.29) is 18.1 Å². The zero-order valence-electron chi connectivity index (χ0n) is 14.4. The Morgan fingerprint density at radius 2 is 2.04 bits per heavy atom. The molecule has 0 heterocycles. The fourth-order valence-corrected chi connectivity index (χ4v) is 2.88. The normalized spacial score (nSPS) is 12.1. The van der Waals surface area contributed by atoms with Crippen molar-refractivity contribution in [1.82, 2.24) is 10.6 Å². The first-order chi connectivity index (χ1) is 11.4. The van der Waals surface area contributed by atoms with Crippen molar-refractivity contribution >= 4 is 27.4 Å². The van der Waals surface area contributed by atoms with Gasteiger partial charge < -0.3 is 15.4 Å². The first-order valence-electron chi connectivity index (χ1n) is 7.96. The maximum atomic E-state index is 11.5. The van der Waals surface area contributed by atoms with Crippen LogP contribution in [0.25, 0.3) is 0 Å². The summed E-state index contributed by atoms with van der Waals surface area (Å²) in [5.41, 5.74) is 1.01. The molecule has 0 atom stereocenters. The Balaban J connectivity index is 2.54. The molecule has 0 unspecified atom stereocenters. The summed E-state index contributed by atoms with van der Waals surface area (Å²) in [7, 11) is -1.40. The van der Waals surface area contributed by atoms with Crippen LogP contribution in [0.2, 0.25) is 5.02 Å². The van der Waals surface area contributed by atoms with Crippen molar-refractivity contribution in [3.63, 3.8) is 0 Å². The monoisotopic (exact) mass is 375 g/mol. The van der Waals surface area contributed by atoms with Gasteiger partial charge in [0.1, 0.15) is 5.75 Å². The zero-order valence-corrected chi connectivity index (χ0v) is 16.0. The lowest BCUT2D eigenvalue weighted by Gasteiger charge is -2.12. The number of methoxy groups -OCH3 is 1. The molecule has 0 bridgehead atoms. The van der Waals surface area contributed by atoms with Crippen LogP contribution >= 0.6 is 11.6 Å². The first kappa shape index (κ1) is 20.6. The van der Waals surface area contributed by atoms with E-state index in [0.717, 1.165) is 17.7 Å². The Kier molecular flexibility index (Phi) is 8.92. The quantitative estimate of drug-likeness (QED) is 0.509. The first-order valence-corrected chi connectivity index (χ1v) is 10.2. The van der Waals surface area contributed by atoms with E-state index in [1.807, 2.05) is 19.1 Å². The van der Waals surface area contributed by atoms with E-state index < -0.39 is 9.84 Å². The SMILES string of the molecule is CCNC(=NCCS(=O)(=O)CC)NCCc1ccc(OC)cc1Cl. The molecule has 136 valence electrons. The zero-order chi connectivity index (χ0) is 18.0. The Labute approximate surface area is 149 Å². The minimum absolute atomic E-state index is 0.0599. The predicted octanol–water partition coefficient (Wildman–Crippen LogP) is 1.88. The highest BCUT2D eigenvalue weighted by Gasteiger charge is 2.07. The van der Waals surface area contributed by atoms with Gasteiger partial charge in [-0.15, -0.1) is 0 Å². The number of hydrogen-bond donors (Lipinski definition) is 2. The molecule has 1 aromatic carbocycles. The number of benzene rings is 1. The minimum atomic E-state index is -3.00. The predicted molar refractivity (Wildman–Crippen MR) is 100 cm³/mol. The molecule has 0 saturated carbocycles. The molecule has 0 saturated heterocycles. The van der Waals surface area contributed by atoms with Crippen molar-refractivity contribution < 1.29 is 13.2 Å². The van der Waals surface area contributed by atoms with Crippen molar-refractivity contribution in [2.75, 3.05) is 38.2 Å². The van der Waals surface area contributed by atoms with E-state index in [9.17, 15) is 8.42 Å². The van der Waals surface area contributed by atoms with Crippen molar-refractivity contribution in [3.8, 4) is 5.75 Å². The van der Waals surface area contributed by atoms with Crippen molar-refractivity contribution in [2.24, 2.45) is 4.99 Å². The third-order valence-electron chi connectivity index (χ3n) is 3.40. The third-order valence-corrected chi connectivity index (χ3v) is 5.44. The molecular formula is C16H26ClN3O3S. The van der Waals surface area contributed by atoms with Crippen LogP contribution in [0.15, 0.2) is 23.2 Å². The van der Waals surface area contributed by atoms with E-state index in [1.165, 1.54) is 0 Å². The highest BCUT2D eigenvalue weighted by Crippen LogP contribution is 2.22. The van der Waals surface area contributed by atoms with Gasteiger partial charge in [0.15, 0.2) is 15.8 Å². The van der Waals surface area contributed by atoms with Gasteiger partial charge in [0, 0.05) is 23.9 Å². The van der Waals surface area contributed by atoms with Gasteiger partial charge >= 0.3 is 0 Å². The average Bonchev–Trinajstić information content (AvgIpc) is 2.56. The van der Waals surface area contributed by atoms with Crippen LogP contribution in [-0.2, 0) is 16.3 Å². The van der Waals surface area contributed by atoms with Crippen LogP contribution in [0, 0.1) is 0 Å². The molecule has 0 fully saturated rings. The molecule has 1 rings (SSSR count). The lowest BCUT2D eigenvalue weighted by Crippen LogP contribution is -2.38. The Hall–Kier alpha value is -1.47. The molecule has 1 aromatic rings. The lowest BCUT2D eigenvalue weighted by atomic mass is 10.1. The van der Waals surface area contributed by atoms with Crippen LogP contribution in [-0.4, -0.2) is 52.6 Å². The number of sulfone groups is 1. The van der Waals surface area contributed by atoms with Gasteiger partial charge in [0.2, 0.25) is 0 Å². The van der Waals surface area contributed by atoms with Gasteiger partial charge in [-0.3, -0.25) is 4.99 Å². The van der Waals surface area contributed by atoms with E-state index in [4.69, 9.17) is 16.3 Å². The second-order valence-electron chi connectivity index (χ2n) is 5.13. The summed E-state index contributed by atoms with van der Waals surface area (Å²) in [4.78, 5) is 4.29. The molecule has 0 spiro atoms. The van der Waals surface area contributed by atoms with Gasteiger partial charge in [-0.2, -0.15) is 0 Å². The minimum Gasteiger partial charge on any atom is -0.497 e. The largest absolute Gasteiger partial charge is 0.497 e. The Morgan fingerprint density at radius 1 is 1.29 bits per heavy atom. The second kappa shape index (κ2) is 10.4. The summed E-state index contributed by atoms with van der Waals surface area (Å²) in [5, 5.41) is 6.94. The maximum Gasteiger partial charge on any atom is 0.191 e. The molecule has 0 aliphatic carbocycles. The molecule has 0 aromatic heterocycles.